The van der Waals surface area contributed by atoms with Crippen LogP contribution in [0.15, 0.2) is 0 Å². The Morgan fingerprint density at radius 3 is 2.19 bits per heavy atom. The number of methoxy groups -OCH3 is 1. The molecule has 150 valence electrons. The van der Waals surface area contributed by atoms with E-state index in [1.165, 1.54) is 12.0 Å². The Labute approximate surface area is 156 Å². The molecule has 8 nitrogen and oxygen atoms in total. The maximum Gasteiger partial charge on any atom is 0.410 e. The van der Waals surface area contributed by atoms with Crippen molar-refractivity contribution in [2.24, 2.45) is 5.92 Å². The van der Waals surface area contributed by atoms with E-state index >= 15 is 0 Å². The highest BCUT2D eigenvalue weighted by Gasteiger charge is 2.37. The number of nitrogens with zero attached hydrogens (tertiary/aromatic N) is 3. The molecule has 26 heavy (non-hydrogen) atoms. The lowest BCUT2D eigenvalue weighted by atomic mass is 10.0. The molecule has 8 heteroatoms. The summed E-state index contributed by atoms with van der Waals surface area (Å²) in [5.41, 5.74) is -0.553. The van der Waals surface area contributed by atoms with Gasteiger partial charge in [-0.1, -0.05) is 13.8 Å². The zero-order chi connectivity index (χ0) is 20.2. The smallest absolute Gasteiger partial charge is 0.410 e. The number of ether oxygens (including phenoxy) is 2. The first kappa shape index (κ1) is 22.1. The lowest BCUT2D eigenvalue weighted by Crippen LogP contribution is -2.53. The third-order valence-electron chi connectivity index (χ3n) is 4.46. The van der Waals surface area contributed by atoms with E-state index in [1.54, 1.807) is 23.9 Å². The first-order valence-electron chi connectivity index (χ1n) is 8.94. The molecule has 0 aromatic carbocycles. The highest BCUT2D eigenvalue weighted by Crippen LogP contribution is 2.20. The van der Waals surface area contributed by atoms with Gasteiger partial charge in [0.1, 0.15) is 11.6 Å². The van der Waals surface area contributed by atoms with Crippen molar-refractivity contribution in [2.45, 2.75) is 58.7 Å². The van der Waals surface area contributed by atoms with Crippen molar-refractivity contribution in [1.29, 1.82) is 0 Å². The molecule has 1 unspecified atom stereocenters. The van der Waals surface area contributed by atoms with Gasteiger partial charge in [0.2, 0.25) is 0 Å². The zero-order valence-electron chi connectivity index (χ0n) is 17.2. The van der Waals surface area contributed by atoms with Gasteiger partial charge in [0.25, 0.3) is 0 Å². The number of carbonyl (C=O) groups excluding carboxylic acids is 3. The van der Waals surface area contributed by atoms with E-state index in [0.717, 1.165) is 0 Å². The maximum atomic E-state index is 12.8. The molecule has 1 saturated heterocycles. The summed E-state index contributed by atoms with van der Waals surface area (Å²) in [7, 11) is 4.60. The largest absolute Gasteiger partial charge is 0.467 e. The molecule has 1 aliphatic heterocycles. The van der Waals surface area contributed by atoms with Crippen LogP contribution in [0.5, 0.6) is 0 Å². The maximum absolute atomic E-state index is 12.8. The number of hydrogen-bond acceptors (Lipinski definition) is 5. The number of carbonyl (C=O) groups is 3. The molecule has 0 aromatic rings. The molecular formula is C18H33N3O5. The van der Waals surface area contributed by atoms with Crippen molar-refractivity contribution in [1.82, 2.24) is 14.7 Å². The first-order chi connectivity index (χ1) is 11.9. The van der Waals surface area contributed by atoms with E-state index in [0.29, 0.717) is 19.5 Å². The SMILES string of the molecule is COC(=O)[C@H](C(C)C)N(C)C(=O)N(C)C1CCN(C(=O)OC(C)(C)C)C1. The molecule has 0 saturated carbocycles. The molecule has 1 fully saturated rings. The highest BCUT2D eigenvalue weighted by atomic mass is 16.6. The van der Waals surface area contributed by atoms with Crippen molar-refractivity contribution in [3.8, 4) is 0 Å². The van der Waals surface area contributed by atoms with E-state index in [4.69, 9.17) is 9.47 Å². The molecule has 0 bridgehead atoms. The fourth-order valence-electron chi connectivity index (χ4n) is 3.07. The molecule has 1 heterocycles. The van der Waals surface area contributed by atoms with Crippen LogP contribution in [0, 0.1) is 5.92 Å². The topological polar surface area (TPSA) is 79.4 Å². The molecule has 0 spiro atoms. The summed E-state index contributed by atoms with van der Waals surface area (Å²) in [6.07, 6.45) is 0.295. The molecule has 1 aliphatic rings. The Balaban J connectivity index is 2.74. The van der Waals surface area contributed by atoms with Crippen molar-refractivity contribution < 1.29 is 23.9 Å². The monoisotopic (exact) mass is 371 g/mol. The number of rotatable bonds is 4. The molecule has 0 aromatic heterocycles. The molecule has 0 N–H and O–H groups in total. The second-order valence-electron chi connectivity index (χ2n) is 8.09. The lowest BCUT2D eigenvalue weighted by molar-refractivity contribution is -0.147. The summed E-state index contributed by atoms with van der Waals surface area (Å²) >= 11 is 0. The molecule has 2 atom stereocenters. The fourth-order valence-corrected chi connectivity index (χ4v) is 3.07. The Morgan fingerprint density at radius 1 is 1.15 bits per heavy atom. The fraction of sp³-hybridized carbons (Fsp3) is 0.833. The zero-order valence-corrected chi connectivity index (χ0v) is 17.2. The summed E-state index contributed by atoms with van der Waals surface area (Å²) in [5.74, 6) is -0.516. The van der Waals surface area contributed by atoms with Gasteiger partial charge >= 0.3 is 18.1 Å². The lowest BCUT2D eigenvalue weighted by Gasteiger charge is -2.34. The number of amides is 3. The van der Waals surface area contributed by atoms with E-state index in [-0.39, 0.29) is 24.1 Å². The average molecular weight is 371 g/mol. The Kier molecular flexibility index (Phi) is 7.29. The summed E-state index contributed by atoms with van der Waals surface area (Å²) in [6.45, 7) is 10.1. The van der Waals surface area contributed by atoms with Gasteiger partial charge in [0.05, 0.1) is 13.2 Å². The average Bonchev–Trinajstić information content (AvgIpc) is 3.01. The standard InChI is InChI=1S/C18H33N3O5/c1-12(2)14(15(22)25-8)20(7)16(23)19(6)13-9-10-21(11-13)17(24)26-18(3,4)5/h12-14H,9-11H2,1-8H3/t13?,14-/m0/s1. The Hall–Kier alpha value is -1.99. The van der Waals surface area contributed by atoms with E-state index in [9.17, 15) is 14.4 Å². The summed E-state index contributed by atoms with van der Waals surface area (Å²) < 4.78 is 10.2. The number of urea groups is 1. The minimum Gasteiger partial charge on any atom is -0.467 e. The van der Waals surface area contributed by atoms with Crippen LogP contribution in [-0.4, -0.2) is 84.8 Å². The second-order valence-corrected chi connectivity index (χ2v) is 8.09. The first-order valence-corrected chi connectivity index (χ1v) is 8.94. The van der Waals surface area contributed by atoms with Crippen LogP contribution >= 0.6 is 0 Å². The Bertz CT molecular complexity index is 529. The van der Waals surface area contributed by atoms with Crippen LogP contribution in [0.25, 0.3) is 0 Å². The van der Waals surface area contributed by atoms with Gasteiger partial charge in [0.15, 0.2) is 0 Å². The van der Waals surface area contributed by atoms with Gasteiger partial charge in [-0.3, -0.25) is 0 Å². The van der Waals surface area contributed by atoms with Gasteiger partial charge in [-0.15, -0.1) is 0 Å². The van der Waals surface area contributed by atoms with E-state index in [1.807, 2.05) is 34.6 Å². The molecular weight excluding hydrogens is 338 g/mol. The van der Waals surface area contributed by atoms with Gasteiger partial charge < -0.3 is 24.2 Å². The van der Waals surface area contributed by atoms with Crippen LogP contribution in [0.3, 0.4) is 0 Å². The summed E-state index contributed by atoms with van der Waals surface area (Å²) in [5, 5.41) is 0. The van der Waals surface area contributed by atoms with Crippen LogP contribution in [0.4, 0.5) is 9.59 Å². The quantitative estimate of drug-likeness (QED) is 0.708. The van der Waals surface area contributed by atoms with Crippen LogP contribution < -0.4 is 0 Å². The molecule has 1 rings (SSSR count). The number of hydrogen-bond donors (Lipinski definition) is 0. The second kappa shape index (κ2) is 8.60. The van der Waals surface area contributed by atoms with Crippen LogP contribution in [-0.2, 0) is 14.3 Å². The molecule has 0 radical (unpaired) electrons. The van der Waals surface area contributed by atoms with E-state index in [2.05, 4.69) is 0 Å². The highest BCUT2D eigenvalue weighted by molar-refractivity contribution is 5.83. The predicted molar refractivity (Wildman–Crippen MR) is 97.8 cm³/mol. The van der Waals surface area contributed by atoms with Crippen molar-refractivity contribution >= 4 is 18.1 Å². The predicted octanol–water partition coefficient (Wildman–Crippen LogP) is 2.18. The minimum absolute atomic E-state index is 0.0772. The number of likely N-dealkylation sites (tertiary alicyclic amines) is 1. The number of likely N-dealkylation sites (N-methyl/N-ethyl adjacent to an activating group) is 2. The third kappa shape index (κ3) is 5.51. The van der Waals surface area contributed by atoms with Gasteiger partial charge in [-0.2, -0.15) is 0 Å². The van der Waals surface area contributed by atoms with E-state index < -0.39 is 17.6 Å². The number of esters is 1. The molecule has 0 aliphatic carbocycles. The van der Waals surface area contributed by atoms with Gasteiger partial charge in [-0.05, 0) is 33.1 Å². The van der Waals surface area contributed by atoms with Gasteiger partial charge in [0, 0.05) is 27.2 Å². The summed E-state index contributed by atoms with van der Waals surface area (Å²) in [6, 6.07) is -1.05. The molecule has 3 amide bonds. The minimum atomic E-state index is -0.654. The van der Waals surface area contributed by atoms with Crippen molar-refractivity contribution in [3.63, 3.8) is 0 Å². The third-order valence-corrected chi connectivity index (χ3v) is 4.46. The summed E-state index contributed by atoms with van der Waals surface area (Å²) in [4.78, 5) is 41.6. The van der Waals surface area contributed by atoms with Crippen molar-refractivity contribution in [3.05, 3.63) is 0 Å². The van der Waals surface area contributed by atoms with Crippen LogP contribution in [0.2, 0.25) is 0 Å². The normalized spacial score (nSPS) is 18.5. The van der Waals surface area contributed by atoms with Crippen LogP contribution in [0.1, 0.15) is 41.0 Å². The van der Waals surface area contributed by atoms with Crippen molar-refractivity contribution in [2.75, 3.05) is 34.3 Å². The van der Waals surface area contributed by atoms with Gasteiger partial charge in [-0.25, -0.2) is 14.4 Å². The Morgan fingerprint density at radius 2 is 1.73 bits per heavy atom.